The lowest BCUT2D eigenvalue weighted by Gasteiger charge is -2.18. The number of benzene rings is 1. The van der Waals surface area contributed by atoms with E-state index in [0.717, 1.165) is 11.3 Å². The molecule has 0 bridgehead atoms. The van der Waals surface area contributed by atoms with E-state index in [9.17, 15) is 9.59 Å². The largest absolute Gasteiger partial charge is 0.481 e. The van der Waals surface area contributed by atoms with Gasteiger partial charge in [-0.2, -0.15) is 0 Å². The van der Waals surface area contributed by atoms with E-state index in [2.05, 4.69) is 5.32 Å². The molecule has 5 nitrogen and oxygen atoms in total. The van der Waals surface area contributed by atoms with Gasteiger partial charge >= 0.3 is 0 Å². The van der Waals surface area contributed by atoms with Crippen LogP contribution >= 0.6 is 0 Å². The van der Waals surface area contributed by atoms with E-state index in [1.165, 1.54) is 0 Å². The van der Waals surface area contributed by atoms with Gasteiger partial charge in [0.2, 0.25) is 5.91 Å². The number of carbonyl (C=O) groups is 2. The molecule has 17 heavy (non-hydrogen) atoms. The monoisotopic (exact) mass is 234 g/mol. The second-order valence-electron chi connectivity index (χ2n) is 4.03. The molecule has 1 aliphatic heterocycles. The summed E-state index contributed by atoms with van der Waals surface area (Å²) >= 11 is 0. The third kappa shape index (κ3) is 2.55. The van der Waals surface area contributed by atoms with Crippen molar-refractivity contribution in [3.63, 3.8) is 0 Å². The smallest absolute Gasteiger partial charge is 0.258 e. The summed E-state index contributed by atoms with van der Waals surface area (Å²) in [6.07, 6.45) is 0.497. The normalized spacial score (nSPS) is 15.7. The van der Waals surface area contributed by atoms with Crippen LogP contribution in [-0.2, 0) is 16.0 Å². The van der Waals surface area contributed by atoms with Gasteiger partial charge in [-0.1, -0.05) is 0 Å². The number of amides is 2. The lowest BCUT2D eigenvalue weighted by atomic mass is 10.0. The molecular formula is C12H14N2O3. The Labute approximate surface area is 98.9 Å². The molecule has 0 radical (unpaired) electrons. The summed E-state index contributed by atoms with van der Waals surface area (Å²) in [7, 11) is 0. The minimum Gasteiger partial charge on any atom is -0.481 e. The summed E-state index contributed by atoms with van der Waals surface area (Å²) in [6, 6.07) is 5.31. The number of aryl methyl sites for hydroxylation is 1. The summed E-state index contributed by atoms with van der Waals surface area (Å²) in [5.74, 6) is 0.110. The summed E-state index contributed by atoms with van der Waals surface area (Å²) in [6.45, 7) is 1.60. The first-order chi connectivity index (χ1) is 8.06. The number of rotatable bonds is 3. The predicted molar refractivity (Wildman–Crippen MR) is 62.7 cm³/mol. The van der Waals surface area contributed by atoms with Crippen molar-refractivity contribution in [1.29, 1.82) is 0 Å². The zero-order chi connectivity index (χ0) is 12.4. The molecule has 1 unspecified atom stereocenters. The van der Waals surface area contributed by atoms with E-state index in [1.54, 1.807) is 19.1 Å². The van der Waals surface area contributed by atoms with E-state index in [4.69, 9.17) is 10.5 Å². The van der Waals surface area contributed by atoms with Crippen molar-refractivity contribution in [1.82, 2.24) is 0 Å². The molecule has 0 fully saturated rings. The number of carbonyl (C=O) groups excluding carboxylic acids is 2. The van der Waals surface area contributed by atoms with Gasteiger partial charge in [0.1, 0.15) is 5.75 Å². The summed E-state index contributed by atoms with van der Waals surface area (Å²) in [5, 5.41) is 2.78. The minimum atomic E-state index is -0.661. The number of anilines is 1. The molecule has 0 aromatic heterocycles. The van der Waals surface area contributed by atoms with Crippen LogP contribution in [0, 0.1) is 0 Å². The topological polar surface area (TPSA) is 81.4 Å². The maximum atomic E-state index is 11.2. The van der Waals surface area contributed by atoms with Gasteiger partial charge in [-0.25, -0.2) is 0 Å². The summed E-state index contributed by atoms with van der Waals surface area (Å²) in [4.78, 5) is 22.0. The fourth-order valence-corrected chi connectivity index (χ4v) is 1.70. The quantitative estimate of drug-likeness (QED) is 0.812. The Bertz CT molecular complexity index is 471. The molecule has 1 aromatic rings. The van der Waals surface area contributed by atoms with Gasteiger partial charge in [-0.3, -0.25) is 9.59 Å². The zero-order valence-corrected chi connectivity index (χ0v) is 9.53. The van der Waals surface area contributed by atoms with Gasteiger partial charge in [0.15, 0.2) is 6.10 Å². The molecule has 90 valence electrons. The Morgan fingerprint density at radius 2 is 2.24 bits per heavy atom. The van der Waals surface area contributed by atoms with Gasteiger partial charge in [-0.05, 0) is 37.1 Å². The molecule has 2 amide bonds. The van der Waals surface area contributed by atoms with Gasteiger partial charge in [0.25, 0.3) is 5.91 Å². The van der Waals surface area contributed by atoms with Crippen molar-refractivity contribution < 1.29 is 14.3 Å². The molecule has 0 saturated heterocycles. The fourth-order valence-electron chi connectivity index (χ4n) is 1.70. The molecule has 3 N–H and O–H groups in total. The molecule has 1 heterocycles. The van der Waals surface area contributed by atoms with Crippen molar-refractivity contribution in [2.24, 2.45) is 5.73 Å². The van der Waals surface area contributed by atoms with E-state index in [1.807, 2.05) is 6.07 Å². The van der Waals surface area contributed by atoms with Crippen LogP contribution < -0.4 is 15.8 Å². The number of ether oxygens (including phenoxy) is 1. The highest BCUT2D eigenvalue weighted by atomic mass is 16.5. The Morgan fingerprint density at radius 1 is 1.47 bits per heavy atom. The number of primary amides is 1. The van der Waals surface area contributed by atoms with Crippen molar-refractivity contribution in [2.75, 3.05) is 5.32 Å². The molecule has 0 aliphatic carbocycles. The first-order valence-corrected chi connectivity index (χ1v) is 5.45. The SMILES string of the molecule is CC(Oc1ccc2c(c1)CCC(=O)N2)C(N)=O. The number of fused-ring (bicyclic) bond motifs is 1. The minimum absolute atomic E-state index is 0.0247. The highest BCUT2D eigenvalue weighted by Gasteiger charge is 2.16. The zero-order valence-electron chi connectivity index (χ0n) is 9.53. The highest BCUT2D eigenvalue weighted by molar-refractivity contribution is 5.94. The fraction of sp³-hybridized carbons (Fsp3) is 0.333. The van der Waals surface area contributed by atoms with Crippen LogP contribution in [0.2, 0.25) is 0 Å². The Balaban J connectivity index is 2.16. The van der Waals surface area contributed by atoms with Crippen LogP contribution in [0.25, 0.3) is 0 Å². The lowest BCUT2D eigenvalue weighted by Crippen LogP contribution is -2.30. The molecule has 2 rings (SSSR count). The molecule has 1 aliphatic rings. The van der Waals surface area contributed by atoms with Crippen molar-refractivity contribution in [3.05, 3.63) is 23.8 Å². The van der Waals surface area contributed by atoms with Crippen molar-refractivity contribution >= 4 is 17.5 Å². The van der Waals surface area contributed by atoms with Crippen molar-refractivity contribution in [2.45, 2.75) is 25.9 Å². The maximum absolute atomic E-state index is 11.2. The number of nitrogens with one attached hydrogen (secondary N) is 1. The lowest BCUT2D eigenvalue weighted by molar-refractivity contribution is -0.124. The van der Waals surface area contributed by atoms with E-state index >= 15 is 0 Å². The molecule has 5 heteroatoms. The third-order valence-corrected chi connectivity index (χ3v) is 2.69. The average Bonchev–Trinajstić information content (AvgIpc) is 2.29. The standard InChI is InChI=1S/C12H14N2O3/c1-7(12(13)16)17-9-3-4-10-8(6-9)2-5-11(15)14-10/h3-4,6-7H,2,5H2,1H3,(H2,13,16)(H,14,15). The van der Waals surface area contributed by atoms with Crippen LogP contribution in [0.1, 0.15) is 18.9 Å². The Morgan fingerprint density at radius 3 is 2.94 bits per heavy atom. The van der Waals surface area contributed by atoms with Crippen LogP contribution in [0.3, 0.4) is 0 Å². The predicted octanol–water partition coefficient (Wildman–Crippen LogP) is 0.824. The third-order valence-electron chi connectivity index (χ3n) is 2.69. The molecular weight excluding hydrogens is 220 g/mol. The van der Waals surface area contributed by atoms with E-state index in [0.29, 0.717) is 18.6 Å². The summed E-state index contributed by atoms with van der Waals surface area (Å²) < 4.78 is 5.38. The molecule has 0 saturated carbocycles. The molecule has 0 spiro atoms. The van der Waals surface area contributed by atoms with E-state index < -0.39 is 12.0 Å². The number of hydrogen-bond acceptors (Lipinski definition) is 3. The Kier molecular flexibility index (Phi) is 2.99. The molecule has 1 atom stereocenters. The molecule has 1 aromatic carbocycles. The number of nitrogens with two attached hydrogens (primary N) is 1. The van der Waals surface area contributed by atoms with Crippen LogP contribution in [0.15, 0.2) is 18.2 Å². The second kappa shape index (κ2) is 4.45. The first kappa shape index (κ1) is 11.4. The average molecular weight is 234 g/mol. The first-order valence-electron chi connectivity index (χ1n) is 5.45. The van der Waals surface area contributed by atoms with Crippen LogP contribution in [-0.4, -0.2) is 17.9 Å². The summed E-state index contributed by atoms with van der Waals surface area (Å²) in [5.41, 5.74) is 6.94. The van der Waals surface area contributed by atoms with E-state index in [-0.39, 0.29) is 5.91 Å². The Hall–Kier alpha value is -2.04. The highest BCUT2D eigenvalue weighted by Crippen LogP contribution is 2.27. The van der Waals surface area contributed by atoms with Gasteiger partial charge in [-0.15, -0.1) is 0 Å². The van der Waals surface area contributed by atoms with Gasteiger partial charge in [0, 0.05) is 12.1 Å². The van der Waals surface area contributed by atoms with Crippen molar-refractivity contribution in [3.8, 4) is 5.75 Å². The van der Waals surface area contributed by atoms with Crippen LogP contribution in [0.5, 0.6) is 5.75 Å². The van der Waals surface area contributed by atoms with Gasteiger partial charge < -0.3 is 15.8 Å². The van der Waals surface area contributed by atoms with Crippen LogP contribution in [0.4, 0.5) is 5.69 Å². The number of hydrogen-bond donors (Lipinski definition) is 2. The second-order valence-corrected chi connectivity index (χ2v) is 4.03. The van der Waals surface area contributed by atoms with Gasteiger partial charge in [0.05, 0.1) is 0 Å². The maximum Gasteiger partial charge on any atom is 0.258 e.